The SMILES string of the molecule is O=C(O)c1nn(Cc2ccc(F)cc2)c2c1CN(S(=O)(=O)C1CC1)CC2. The third-order valence-corrected chi connectivity index (χ3v) is 7.20. The van der Waals surface area contributed by atoms with Crippen LogP contribution in [0.5, 0.6) is 0 Å². The molecular formula is C17H18FN3O4S. The van der Waals surface area contributed by atoms with Crippen molar-refractivity contribution in [2.45, 2.75) is 37.6 Å². The van der Waals surface area contributed by atoms with Crippen LogP contribution in [0.4, 0.5) is 4.39 Å². The number of aromatic nitrogens is 2. The number of halogens is 1. The Bertz CT molecular complexity index is 965. The lowest BCUT2D eigenvalue weighted by molar-refractivity contribution is 0.0687. The van der Waals surface area contributed by atoms with Gasteiger partial charge in [0.15, 0.2) is 5.69 Å². The van der Waals surface area contributed by atoms with Gasteiger partial charge in [0.25, 0.3) is 0 Å². The predicted molar refractivity (Wildman–Crippen MR) is 90.7 cm³/mol. The van der Waals surface area contributed by atoms with Gasteiger partial charge in [0.05, 0.1) is 11.8 Å². The minimum atomic E-state index is -3.37. The number of rotatable bonds is 5. The second-order valence-corrected chi connectivity index (χ2v) is 8.90. The molecule has 1 aromatic heterocycles. The first-order valence-electron chi connectivity index (χ1n) is 8.41. The predicted octanol–water partition coefficient (Wildman–Crippen LogP) is 1.62. The van der Waals surface area contributed by atoms with Crippen LogP contribution in [0, 0.1) is 5.82 Å². The Morgan fingerprint density at radius 1 is 1.27 bits per heavy atom. The van der Waals surface area contributed by atoms with Gasteiger partial charge in [-0.1, -0.05) is 12.1 Å². The van der Waals surface area contributed by atoms with E-state index in [9.17, 15) is 22.7 Å². The molecule has 2 heterocycles. The number of carbonyl (C=O) groups is 1. The largest absolute Gasteiger partial charge is 0.476 e. The molecule has 138 valence electrons. The Hall–Kier alpha value is -2.26. The maximum absolute atomic E-state index is 13.1. The van der Waals surface area contributed by atoms with E-state index >= 15 is 0 Å². The van der Waals surface area contributed by atoms with Gasteiger partial charge in [0.2, 0.25) is 10.0 Å². The molecule has 0 bridgehead atoms. The molecule has 1 aliphatic carbocycles. The van der Waals surface area contributed by atoms with E-state index in [-0.39, 0.29) is 23.3 Å². The molecule has 0 radical (unpaired) electrons. The molecule has 1 fully saturated rings. The zero-order valence-corrected chi connectivity index (χ0v) is 14.7. The number of fused-ring (bicyclic) bond motifs is 1. The Morgan fingerprint density at radius 2 is 1.96 bits per heavy atom. The van der Waals surface area contributed by atoms with Crippen molar-refractivity contribution < 1.29 is 22.7 Å². The van der Waals surface area contributed by atoms with Crippen LogP contribution in [0.15, 0.2) is 24.3 Å². The zero-order valence-electron chi connectivity index (χ0n) is 13.9. The van der Waals surface area contributed by atoms with Crippen molar-refractivity contribution in [2.75, 3.05) is 6.54 Å². The monoisotopic (exact) mass is 379 g/mol. The maximum Gasteiger partial charge on any atom is 0.356 e. The molecule has 2 aromatic rings. The second kappa shape index (κ2) is 6.17. The van der Waals surface area contributed by atoms with E-state index in [2.05, 4.69) is 5.10 Å². The molecule has 4 rings (SSSR count). The first kappa shape index (κ1) is 17.2. The number of carboxylic acids is 1. The summed E-state index contributed by atoms with van der Waals surface area (Å²) >= 11 is 0. The van der Waals surface area contributed by atoms with E-state index in [0.717, 1.165) is 11.3 Å². The molecule has 7 nitrogen and oxygen atoms in total. The first-order chi connectivity index (χ1) is 12.4. The van der Waals surface area contributed by atoms with Gasteiger partial charge in [-0.15, -0.1) is 0 Å². The summed E-state index contributed by atoms with van der Waals surface area (Å²) in [7, 11) is -3.37. The second-order valence-electron chi connectivity index (χ2n) is 6.69. The molecule has 1 N–H and O–H groups in total. The average Bonchev–Trinajstić information content (AvgIpc) is 3.40. The summed E-state index contributed by atoms with van der Waals surface area (Å²) in [6.45, 7) is 0.671. The summed E-state index contributed by atoms with van der Waals surface area (Å²) in [5.41, 5.74) is 1.86. The fourth-order valence-electron chi connectivity index (χ4n) is 3.33. The Morgan fingerprint density at radius 3 is 2.58 bits per heavy atom. The normalized spacial score (nSPS) is 17.9. The molecule has 9 heteroatoms. The van der Waals surface area contributed by atoms with Crippen molar-refractivity contribution in [3.05, 3.63) is 52.6 Å². The van der Waals surface area contributed by atoms with E-state index < -0.39 is 16.0 Å². The van der Waals surface area contributed by atoms with E-state index in [1.165, 1.54) is 16.4 Å². The lowest BCUT2D eigenvalue weighted by atomic mass is 10.1. The summed E-state index contributed by atoms with van der Waals surface area (Å²) in [6, 6.07) is 5.92. The molecule has 0 unspecified atom stereocenters. The smallest absolute Gasteiger partial charge is 0.356 e. The van der Waals surface area contributed by atoms with Crippen LogP contribution >= 0.6 is 0 Å². The summed E-state index contributed by atoms with van der Waals surface area (Å²) in [6.07, 6.45) is 1.74. The van der Waals surface area contributed by atoms with Gasteiger partial charge in [-0.3, -0.25) is 4.68 Å². The molecular weight excluding hydrogens is 361 g/mol. The minimum absolute atomic E-state index is 0.0409. The van der Waals surface area contributed by atoms with Crippen molar-refractivity contribution >= 4 is 16.0 Å². The highest BCUT2D eigenvalue weighted by Gasteiger charge is 2.42. The van der Waals surface area contributed by atoms with Crippen LogP contribution in [0.1, 0.15) is 40.2 Å². The number of nitrogens with zero attached hydrogens (tertiary/aromatic N) is 3. The zero-order chi connectivity index (χ0) is 18.5. The van der Waals surface area contributed by atoms with Crippen LogP contribution < -0.4 is 0 Å². The molecule has 1 aromatic carbocycles. The van der Waals surface area contributed by atoms with E-state index in [4.69, 9.17) is 0 Å². The lowest BCUT2D eigenvalue weighted by Gasteiger charge is -2.27. The van der Waals surface area contributed by atoms with Crippen molar-refractivity contribution in [1.29, 1.82) is 0 Å². The molecule has 0 atom stereocenters. The molecule has 0 amide bonds. The van der Waals surface area contributed by atoms with Gasteiger partial charge >= 0.3 is 5.97 Å². The van der Waals surface area contributed by atoms with Crippen molar-refractivity contribution in [3.8, 4) is 0 Å². The van der Waals surface area contributed by atoms with Gasteiger partial charge < -0.3 is 5.11 Å². The third kappa shape index (κ3) is 3.01. The maximum atomic E-state index is 13.1. The van der Waals surface area contributed by atoms with Gasteiger partial charge in [-0.25, -0.2) is 17.6 Å². The molecule has 26 heavy (non-hydrogen) atoms. The fourth-order valence-corrected chi connectivity index (χ4v) is 5.13. The van der Waals surface area contributed by atoms with Gasteiger partial charge in [0, 0.05) is 30.8 Å². The molecule has 2 aliphatic rings. The van der Waals surface area contributed by atoms with Crippen molar-refractivity contribution in [2.24, 2.45) is 0 Å². The van der Waals surface area contributed by atoms with Crippen LogP contribution in [0.3, 0.4) is 0 Å². The lowest BCUT2D eigenvalue weighted by Crippen LogP contribution is -2.38. The first-order valence-corrected chi connectivity index (χ1v) is 9.92. The number of carboxylic acid groups (broad SMARTS) is 1. The van der Waals surface area contributed by atoms with Crippen LogP contribution in [0.25, 0.3) is 0 Å². The summed E-state index contributed by atoms with van der Waals surface area (Å²) < 4.78 is 41.0. The number of aromatic carboxylic acids is 1. The topological polar surface area (TPSA) is 92.5 Å². The van der Waals surface area contributed by atoms with Crippen LogP contribution in [-0.2, 0) is 29.5 Å². The van der Waals surface area contributed by atoms with Gasteiger partial charge in [-0.05, 0) is 30.5 Å². The van der Waals surface area contributed by atoms with Crippen molar-refractivity contribution in [3.63, 3.8) is 0 Å². The number of hydrogen-bond donors (Lipinski definition) is 1. The van der Waals surface area contributed by atoms with E-state index in [0.29, 0.717) is 37.9 Å². The van der Waals surface area contributed by atoms with Gasteiger partial charge in [0.1, 0.15) is 5.82 Å². The molecule has 0 saturated heterocycles. The molecule has 1 saturated carbocycles. The standard InChI is InChI=1S/C17H18FN3O4S/c18-12-3-1-11(2-4-12)9-21-15-7-8-20(26(24,25)13-5-6-13)10-14(15)16(19-21)17(22)23/h1-4,13H,5-10H2,(H,22,23). The third-order valence-electron chi connectivity index (χ3n) is 4.85. The highest BCUT2D eigenvalue weighted by molar-refractivity contribution is 7.90. The van der Waals surface area contributed by atoms with E-state index in [1.807, 2.05) is 0 Å². The average molecular weight is 379 g/mol. The number of hydrogen-bond acceptors (Lipinski definition) is 4. The fraction of sp³-hybridized carbons (Fsp3) is 0.412. The Kier molecular flexibility index (Phi) is 4.07. The summed E-state index contributed by atoms with van der Waals surface area (Å²) in [5.74, 6) is -1.52. The number of sulfonamides is 1. The van der Waals surface area contributed by atoms with Gasteiger partial charge in [-0.2, -0.15) is 9.40 Å². The Labute approximate surface area is 150 Å². The van der Waals surface area contributed by atoms with Crippen LogP contribution in [0.2, 0.25) is 0 Å². The number of benzene rings is 1. The Balaban J connectivity index is 1.67. The van der Waals surface area contributed by atoms with E-state index in [1.54, 1.807) is 16.8 Å². The van der Waals surface area contributed by atoms with Crippen molar-refractivity contribution in [1.82, 2.24) is 14.1 Å². The summed E-state index contributed by atoms with van der Waals surface area (Å²) in [4.78, 5) is 11.6. The minimum Gasteiger partial charge on any atom is -0.476 e. The van der Waals surface area contributed by atoms with Crippen LogP contribution in [-0.4, -0.2) is 45.4 Å². The highest BCUT2D eigenvalue weighted by atomic mass is 32.2. The quantitative estimate of drug-likeness (QED) is 0.852. The molecule has 1 aliphatic heterocycles. The molecule has 0 spiro atoms. The summed E-state index contributed by atoms with van der Waals surface area (Å²) in [5, 5.41) is 13.3. The highest BCUT2D eigenvalue weighted by Crippen LogP contribution is 2.34.